The molecule has 126 valence electrons. The summed E-state index contributed by atoms with van der Waals surface area (Å²) in [5.41, 5.74) is 0.993. The van der Waals surface area contributed by atoms with Crippen molar-refractivity contribution in [1.82, 2.24) is 5.32 Å². The van der Waals surface area contributed by atoms with E-state index in [1.165, 1.54) is 0 Å². The summed E-state index contributed by atoms with van der Waals surface area (Å²) in [5, 5.41) is 3.43. The van der Waals surface area contributed by atoms with Crippen LogP contribution in [0.25, 0.3) is 0 Å². The molecule has 6 heteroatoms. The van der Waals surface area contributed by atoms with Gasteiger partial charge in [0.25, 0.3) is 5.91 Å². The van der Waals surface area contributed by atoms with Crippen molar-refractivity contribution in [3.05, 3.63) is 53.1 Å². The standard InChI is InChI=1S/C18H18ClNO4/c1-12-6-7-13(10-14(12)19)22-9-8-20-18(21)17-11-23-15-4-2-3-5-16(15)24-17/h2-7,10,17H,8-9,11H2,1H3,(H,20,21)/t17-/m1/s1. The smallest absolute Gasteiger partial charge is 0.264 e. The molecule has 0 saturated heterocycles. The minimum atomic E-state index is -0.659. The highest BCUT2D eigenvalue weighted by Crippen LogP contribution is 2.30. The van der Waals surface area contributed by atoms with E-state index in [2.05, 4.69) is 5.32 Å². The molecular weight excluding hydrogens is 330 g/mol. The number of hydrogen-bond acceptors (Lipinski definition) is 4. The fraction of sp³-hybridized carbons (Fsp3) is 0.278. The molecular formula is C18H18ClNO4. The van der Waals surface area contributed by atoms with Crippen LogP contribution >= 0.6 is 11.6 Å². The summed E-state index contributed by atoms with van der Waals surface area (Å²) in [6, 6.07) is 12.8. The maximum atomic E-state index is 12.1. The van der Waals surface area contributed by atoms with Crippen molar-refractivity contribution in [2.24, 2.45) is 0 Å². The topological polar surface area (TPSA) is 56.8 Å². The minimum absolute atomic E-state index is 0.192. The van der Waals surface area contributed by atoms with Crippen molar-refractivity contribution in [2.75, 3.05) is 19.8 Å². The third-order valence-electron chi connectivity index (χ3n) is 3.61. The third-order valence-corrected chi connectivity index (χ3v) is 4.02. The summed E-state index contributed by atoms with van der Waals surface area (Å²) in [6.45, 7) is 2.83. The molecule has 24 heavy (non-hydrogen) atoms. The third kappa shape index (κ3) is 3.92. The second-order valence-electron chi connectivity index (χ2n) is 5.41. The molecule has 5 nitrogen and oxygen atoms in total. The number of carbonyl (C=O) groups excluding carboxylic acids is 1. The minimum Gasteiger partial charge on any atom is -0.492 e. The zero-order valence-electron chi connectivity index (χ0n) is 13.3. The predicted molar refractivity (Wildman–Crippen MR) is 91.0 cm³/mol. The molecule has 0 spiro atoms. The lowest BCUT2D eigenvalue weighted by Gasteiger charge is -2.25. The molecule has 1 aliphatic heterocycles. The van der Waals surface area contributed by atoms with Gasteiger partial charge in [-0.3, -0.25) is 4.79 Å². The van der Waals surface area contributed by atoms with Gasteiger partial charge in [-0.1, -0.05) is 29.8 Å². The molecule has 2 aromatic rings. The van der Waals surface area contributed by atoms with Gasteiger partial charge in [0.2, 0.25) is 6.10 Å². The Hall–Kier alpha value is -2.40. The first-order valence-electron chi connectivity index (χ1n) is 7.68. The first kappa shape index (κ1) is 16.5. The van der Waals surface area contributed by atoms with Gasteiger partial charge in [-0.05, 0) is 36.8 Å². The highest BCUT2D eigenvalue weighted by atomic mass is 35.5. The number of ether oxygens (including phenoxy) is 3. The van der Waals surface area contributed by atoms with Gasteiger partial charge in [0.15, 0.2) is 11.5 Å². The summed E-state index contributed by atoms with van der Waals surface area (Å²) in [4.78, 5) is 12.1. The largest absolute Gasteiger partial charge is 0.492 e. The lowest BCUT2D eigenvalue weighted by atomic mass is 10.2. The average molecular weight is 348 g/mol. The summed E-state index contributed by atoms with van der Waals surface area (Å²) < 4.78 is 16.7. The van der Waals surface area contributed by atoms with Crippen LogP contribution in [0.1, 0.15) is 5.56 Å². The quantitative estimate of drug-likeness (QED) is 0.845. The molecule has 0 aromatic heterocycles. The van der Waals surface area contributed by atoms with Gasteiger partial charge in [-0.15, -0.1) is 0 Å². The molecule has 1 aliphatic rings. The molecule has 0 bridgehead atoms. The molecule has 0 aliphatic carbocycles. The first-order valence-corrected chi connectivity index (χ1v) is 8.06. The number of hydrogen-bond donors (Lipinski definition) is 1. The summed E-state index contributed by atoms with van der Waals surface area (Å²) in [7, 11) is 0. The highest BCUT2D eigenvalue weighted by Gasteiger charge is 2.26. The SMILES string of the molecule is Cc1ccc(OCCNC(=O)[C@H]2COc3ccccc3O2)cc1Cl. The van der Waals surface area contributed by atoms with E-state index in [4.69, 9.17) is 25.8 Å². The van der Waals surface area contributed by atoms with Crippen LogP contribution in [0.15, 0.2) is 42.5 Å². The number of para-hydroxylation sites is 2. The van der Waals surface area contributed by atoms with Crippen LogP contribution in [0, 0.1) is 6.92 Å². The number of halogens is 1. The van der Waals surface area contributed by atoms with E-state index in [1.807, 2.05) is 37.3 Å². The monoisotopic (exact) mass is 347 g/mol. The van der Waals surface area contributed by atoms with E-state index in [0.29, 0.717) is 35.4 Å². The molecule has 2 aromatic carbocycles. The second kappa shape index (κ2) is 7.45. The van der Waals surface area contributed by atoms with E-state index < -0.39 is 6.10 Å². The van der Waals surface area contributed by atoms with Crippen LogP contribution < -0.4 is 19.5 Å². The van der Waals surface area contributed by atoms with E-state index >= 15 is 0 Å². The van der Waals surface area contributed by atoms with Crippen molar-refractivity contribution >= 4 is 17.5 Å². The van der Waals surface area contributed by atoms with Crippen LogP contribution in [0.4, 0.5) is 0 Å². The van der Waals surface area contributed by atoms with Gasteiger partial charge < -0.3 is 19.5 Å². The zero-order chi connectivity index (χ0) is 16.9. The fourth-order valence-electron chi connectivity index (χ4n) is 2.27. The van der Waals surface area contributed by atoms with Gasteiger partial charge in [-0.25, -0.2) is 0 Å². The second-order valence-corrected chi connectivity index (χ2v) is 5.82. The Balaban J connectivity index is 1.44. The Labute approximate surface area is 145 Å². The molecule has 0 radical (unpaired) electrons. The van der Waals surface area contributed by atoms with Gasteiger partial charge in [0, 0.05) is 5.02 Å². The molecule has 0 saturated carbocycles. The van der Waals surface area contributed by atoms with Gasteiger partial charge in [0.1, 0.15) is 19.0 Å². The van der Waals surface area contributed by atoms with Crippen LogP contribution in [0.2, 0.25) is 5.02 Å². The average Bonchev–Trinajstić information content (AvgIpc) is 2.61. The van der Waals surface area contributed by atoms with Crippen LogP contribution in [0.3, 0.4) is 0 Å². The van der Waals surface area contributed by atoms with Crippen molar-refractivity contribution < 1.29 is 19.0 Å². The Bertz CT molecular complexity index is 735. The Morgan fingerprint density at radius 3 is 2.88 bits per heavy atom. The van der Waals surface area contributed by atoms with Crippen molar-refractivity contribution in [2.45, 2.75) is 13.0 Å². The number of nitrogens with one attached hydrogen (secondary N) is 1. The van der Waals surface area contributed by atoms with Gasteiger partial charge >= 0.3 is 0 Å². The van der Waals surface area contributed by atoms with Crippen molar-refractivity contribution in [1.29, 1.82) is 0 Å². The maximum Gasteiger partial charge on any atom is 0.264 e. The molecule has 1 atom stereocenters. The first-order chi connectivity index (χ1) is 11.6. The molecule has 1 heterocycles. The fourth-order valence-corrected chi connectivity index (χ4v) is 2.44. The van der Waals surface area contributed by atoms with Crippen LogP contribution in [-0.4, -0.2) is 31.8 Å². The van der Waals surface area contributed by atoms with Crippen molar-refractivity contribution in [3.63, 3.8) is 0 Å². The number of fused-ring (bicyclic) bond motifs is 1. The molecule has 1 N–H and O–H groups in total. The number of rotatable bonds is 5. The highest BCUT2D eigenvalue weighted by molar-refractivity contribution is 6.31. The summed E-state index contributed by atoms with van der Waals surface area (Å²) in [6.07, 6.45) is -0.659. The Morgan fingerprint density at radius 2 is 2.08 bits per heavy atom. The van der Waals surface area contributed by atoms with Crippen LogP contribution in [0.5, 0.6) is 17.2 Å². The number of benzene rings is 2. The van der Waals surface area contributed by atoms with Gasteiger partial charge in [0.05, 0.1) is 6.54 Å². The maximum absolute atomic E-state index is 12.1. The Kier molecular flexibility index (Phi) is 5.11. The van der Waals surface area contributed by atoms with Crippen molar-refractivity contribution in [3.8, 4) is 17.2 Å². The lowest BCUT2D eigenvalue weighted by molar-refractivity contribution is -0.130. The predicted octanol–water partition coefficient (Wildman–Crippen LogP) is 2.98. The molecule has 0 unspecified atom stereocenters. The normalized spacial score (nSPS) is 15.7. The van der Waals surface area contributed by atoms with Gasteiger partial charge in [-0.2, -0.15) is 0 Å². The molecule has 3 rings (SSSR count). The number of carbonyl (C=O) groups is 1. The van der Waals surface area contributed by atoms with E-state index in [0.717, 1.165) is 5.56 Å². The lowest BCUT2D eigenvalue weighted by Crippen LogP contribution is -2.45. The zero-order valence-corrected chi connectivity index (χ0v) is 14.0. The van der Waals surface area contributed by atoms with E-state index in [-0.39, 0.29) is 12.5 Å². The molecule has 0 fully saturated rings. The molecule has 1 amide bonds. The number of amides is 1. The van der Waals surface area contributed by atoms with Crippen LogP contribution in [-0.2, 0) is 4.79 Å². The van der Waals surface area contributed by atoms with E-state index in [9.17, 15) is 4.79 Å². The van der Waals surface area contributed by atoms with E-state index in [1.54, 1.807) is 12.1 Å². The summed E-state index contributed by atoms with van der Waals surface area (Å²) >= 11 is 6.04. The summed E-state index contributed by atoms with van der Waals surface area (Å²) in [5.74, 6) is 1.68. The Morgan fingerprint density at radius 1 is 1.29 bits per heavy atom. The number of aryl methyl sites for hydroxylation is 1.